The molecule has 6 heteroatoms. The summed E-state index contributed by atoms with van der Waals surface area (Å²) in [6.07, 6.45) is 1.64. The first-order valence-electron chi connectivity index (χ1n) is 11.3. The minimum Gasteiger partial charge on any atom is -0.493 e. The Hall–Kier alpha value is -4.58. The van der Waals surface area contributed by atoms with Gasteiger partial charge in [0.15, 0.2) is 11.5 Å². The normalized spacial score (nSPS) is 14.4. The molecule has 4 aromatic rings. The zero-order valence-electron chi connectivity index (χ0n) is 19.2. The average molecular weight is 465 g/mol. The maximum absolute atomic E-state index is 12.8. The summed E-state index contributed by atoms with van der Waals surface area (Å²) >= 11 is 0. The topological polar surface area (TPSA) is 67.9 Å². The van der Waals surface area contributed by atoms with E-state index >= 15 is 0 Å². The molecule has 0 atom stereocenters. The van der Waals surface area contributed by atoms with Crippen molar-refractivity contribution in [3.8, 4) is 11.5 Å². The molecule has 0 saturated carbocycles. The maximum Gasteiger partial charge on any atom is 0.329 e. The second-order valence-electron chi connectivity index (χ2n) is 8.25. The summed E-state index contributed by atoms with van der Waals surface area (Å²) in [5.41, 5.74) is 2.87. The molecule has 0 aromatic heterocycles. The molecule has 0 spiro atoms. The fourth-order valence-electron chi connectivity index (χ4n) is 4.03. The summed E-state index contributed by atoms with van der Waals surface area (Å²) in [6, 6.07) is 28.8. The standard InChI is InChI=1S/C29H24N2O4/c1-34-27-17-21(16-25-28(32)31(29(33)30-25)18-20-7-3-2-4-8-20)12-14-26(27)35-19-22-11-13-23-9-5-6-10-24(23)15-22/h2-17H,18-19H2,1H3,(H,30,33). The summed E-state index contributed by atoms with van der Waals surface area (Å²) in [5, 5.41) is 5.00. The van der Waals surface area contributed by atoms with Crippen LogP contribution in [0, 0.1) is 0 Å². The number of fused-ring (bicyclic) bond motifs is 1. The van der Waals surface area contributed by atoms with Crippen LogP contribution in [-0.4, -0.2) is 23.9 Å². The molecule has 1 aliphatic rings. The SMILES string of the molecule is COc1cc(C=C2NC(=O)N(Cc3ccccc3)C2=O)ccc1OCc1ccc2ccccc2c1. The number of nitrogens with one attached hydrogen (secondary N) is 1. The molecule has 0 aliphatic carbocycles. The highest BCUT2D eigenvalue weighted by Crippen LogP contribution is 2.30. The van der Waals surface area contributed by atoms with Gasteiger partial charge in [0, 0.05) is 0 Å². The van der Waals surface area contributed by atoms with Crippen molar-refractivity contribution < 1.29 is 19.1 Å². The first-order valence-corrected chi connectivity index (χ1v) is 11.3. The lowest BCUT2D eigenvalue weighted by Crippen LogP contribution is -2.30. The van der Waals surface area contributed by atoms with Crippen LogP contribution >= 0.6 is 0 Å². The van der Waals surface area contributed by atoms with E-state index in [-0.39, 0.29) is 18.1 Å². The number of benzene rings is 4. The van der Waals surface area contributed by atoms with Crippen molar-refractivity contribution in [3.05, 3.63) is 113 Å². The Bertz CT molecular complexity index is 1430. The Kier molecular flexibility index (Phi) is 6.18. The third-order valence-electron chi connectivity index (χ3n) is 5.85. The van der Waals surface area contributed by atoms with Crippen LogP contribution in [0.5, 0.6) is 11.5 Å². The van der Waals surface area contributed by atoms with Crippen LogP contribution in [0.15, 0.2) is 96.7 Å². The Morgan fingerprint density at radius 1 is 0.800 bits per heavy atom. The number of carbonyl (C=O) groups excluding carboxylic acids is 2. The molecule has 1 heterocycles. The van der Waals surface area contributed by atoms with Gasteiger partial charge in [0.05, 0.1) is 13.7 Å². The largest absolute Gasteiger partial charge is 0.493 e. The van der Waals surface area contributed by atoms with E-state index in [1.54, 1.807) is 25.3 Å². The summed E-state index contributed by atoms with van der Waals surface area (Å²) in [4.78, 5) is 26.4. The minimum absolute atomic E-state index is 0.216. The molecule has 1 aliphatic heterocycles. The molecule has 0 radical (unpaired) electrons. The quantitative estimate of drug-likeness (QED) is 0.289. The van der Waals surface area contributed by atoms with Gasteiger partial charge in [-0.25, -0.2) is 4.79 Å². The third kappa shape index (κ3) is 4.87. The fraction of sp³-hybridized carbons (Fsp3) is 0.103. The summed E-state index contributed by atoms with van der Waals surface area (Å²) < 4.78 is 11.5. The van der Waals surface area contributed by atoms with Crippen LogP contribution in [0.1, 0.15) is 16.7 Å². The Morgan fingerprint density at radius 3 is 2.37 bits per heavy atom. The number of hydrogen-bond donors (Lipinski definition) is 1. The van der Waals surface area contributed by atoms with Gasteiger partial charge in [-0.1, -0.05) is 72.8 Å². The lowest BCUT2D eigenvalue weighted by atomic mass is 10.1. The Morgan fingerprint density at radius 2 is 1.57 bits per heavy atom. The molecule has 3 amide bonds. The predicted octanol–water partition coefficient (Wildman–Crippen LogP) is 5.52. The van der Waals surface area contributed by atoms with Crippen molar-refractivity contribution in [3.63, 3.8) is 0 Å². The van der Waals surface area contributed by atoms with Gasteiger partial charge in [-0.2, -0.15) is 0 Å². The number of urea groups is 1. The highest BCUT2D eigenvalue weighted by Gasteiger charge is 2.33. The summed E-state index contributed by atoms with van der Waals surface area (Å²) in [6.45, 7) is 0.609. The second kappa shape index (κ2) is 9.73. The summed E-state index contributed by atoms with van der Waals surface area (Å²) in [5.74, 6) is 0.766. The lowest BCUT2D eigenvalue weighted by molar-refractivity contribution is -0.123. The van der Waals surface area contributed by atoms with Crippen molar-refractivity contribution in [1.29, 1.82) is 0 Å². The van der Waals surface area contributed by atoms with Crippen molar-refractivity contribution in [2.45, 2.75) is 13.2 Å². The van der Waals surface area contributed by atoms with Gasteiger partial charge >= 0.3 is 6.03 Å². The zero-order chi connectivity index (χ0) is 24.2. The highest BCUT2D eigenvalue weighted by molar-refractivity contribution is 6.13. The Balaban J connectivity index is 1.30. The number of amides is 3. The first-order chi connectivity index (χ1) is 17.1. The van der Waals surface area contributed by atoms with Gasteiger partial charge in [-0.15, -0.1) is 0 Å². The van der Waals surface area contributed by atoms with E-state index in [9.17, 15) is 9.59 Å². The van der Waals surface area contributed by atoms with E-state index in [2.05, 4.69) is 29.6 Å². The zero-order valence-corrected chi connectivity index (χ0v) is 19.2. The molecule has 0 bridgehead atoms. The smallest absolute Gasteiger partial charge is 0.329 e. The first kappa shape index (κ1) is 22.2. The number of imide groups is 1. The highest BCUT2D eigenvalue weighted by atomic mass is 16.5. The van der Waals surface area contributed by atoms with Gasteiger partial charge in [-0.3, -0.25) is 9.69 Å². The van der Waals surface area contributed by atoms with Crippen molar-refractivity contribution in [2.24, 2.45) is 0 Å². The molecule has 1 saturated heterocycles. The number of methoxy groups -OCH3 is 1. The van der Waals surface area contributed by atoms with Gasteiger partial charge in [-0.05, 0) is 51.7 Å². The molecule has 4 aromatic carbocycles. The molecule has 35 heavy (non-hydrogen) atoms. The van der Waals surface area contributed by atoms with Crippen LogP contribution in [0.2, 0.25) is 0 Å². The molecule has 5 rings (SSSR count). The maximum atomic E-state index is 12.8. The van der Waals surface area contributed by atoms with Crippen molar-refractivity contribution in [1.82, 2.24) is 10.2 Å². The molecule has 0 unspecified atom stereocenters. The average Bonchev–Trinajstić information content (AvgIpc) is 3.15. The predicted molar refractivity (Wildman–Crippen MR) is 135 cm³/mol. The van der Waals surface area contributed by atoms with Gasteiger partial charge < -0.3 is 14.8 Å². The van der Waals surface area contributed by atoms with E-state index in [0.717, 1.165) is 16.5 Å². The van der Waals surface area contributed by atoms with E-state index in [0.29, 0.717) is 23.7 Å². The van der Waals surface area contributed by atoms with Crippen LogP contribution in [-0.2, 0) is 17.9 Å². The van der Waals surface area contributed by atoms with Crippen molar-refractivity contribution >= 4 is 28.8 Å². The van der Waals surface area contributed by atoms with E-state index in [1.165, 1.54) is 10.3 Å². The number of carbonyl (C=O) groups is 2. The summed E-state index contributed by atoms with van der Waals surface area (Å²) in [7, 11) is 1.57. The molecule has 6 nitrogen and oxygen atoms in total. The van der Waals surface area contributed by atoms with E-state index in [1.807, 2.05) is 54.6 Å². The molecular weight excluding hydrogens is 440 g/mol. The van der Waals surface area contributed by atoms with Crippen LogP contribution in [0.4, 0.5) is 4.79 Å². The second-order valence-corrected chi connectivity index (χ2v) is 8.25. The van der Waals surface area contributed by atoms with Gasteiger partial charge in [0.25, 0.3) is 5.91 Å². The van der Waals surface area contributed by atoms with Crippen LogP contribution in [0.25, 0.3) is 16.8 Å². The number of nitrogens with zero attached hydrogens (tertiary/aromatic N) is 1. The van der Waals surface area contributed by atoms with Crippen LogP contribution < -0.4 is 14.8 Å². The van der Waals surface area contributed by atoms with Gasteiger partial charge in [0.1, 0.15) is 12.3 Å². The molecule has 1 fully saturated rings. The van der Waals surface area contributed by atoms with E-state index < -0.39 is 6.03 Å². The number of rotatable bonds is 7. The fourth-order valence-corrected chi connectivity index (χ4v) is 4.03. The number of ether oxygens (including phenoxy) is 2. The Labute approximate surface area is 203 Å². The lowest BCUT2D eigenvalue weighted by Gasteiger charge is -2.12. The minimum atomic E-state index is -0.438. The monoisotopic (exact) mass is 464 g/mol. The third-order valence-corrected chi connectivity index (χ3v) is 5.85. The van der Waals surface area contributed by atoms with Crippen molar-refractivity contribution in [2.75, 3.05) is 7.11 Å². The molecule has 1 N–H and O–H groups in total. The molecular formula is C29H24N2O4. The van der Waals surface area contributed by atoms with Gasteiger partial charge in [0.2, 0.25) is 0 Å². The van der Waals surface area contributed by atoms with E-state index in [4.69, 9.17) is 9.47 Å². The van der Waals surface area contributed by atoms with Crippen LogP contribution in [0.3, 0.4) is 0 Å². The number of hydrogen-bond acceptors (Lipinski definition) is 4. The molecule has 174 valence electrons.